The molecule has 3 atom stereocenters. The second-order valence-corrected chi connectivity index (χ2v) is 17.9. The molecule has 2 aromatic carbocycles. The lowest BCUT2D eigenvalue weighted by Gasteiger charge is -2.53. The van der Waals surface area contributed by atoms with Crippen molar-refractivity contribution in [3.05, 3.63) is 39.1 Å². The number of phenolic OH excluding ortho intramolecular Hbond substituents is 2. The number of aromatic hydroxyl groups is 2. The fourth-order valence-corrected chi connectivity index (χ4v) is 7.73. The molecule has 0 spiro atoms. The van der Waals surface area contributed by atoms with Crippen LogP contribution in [0.5, 0.6) is 34.5 Å². The summed E-state index contributed by atoms with van der Waals surface area (Å²) in [7, 11) is 4.02. The molecule has 3 aliphatic rings. The topological polar surface area (TPSA) is 121 Å². The molecule has 0 unspecified atom stereocenters. The number of aliphatic hydroxyl groups excluding tert-OH is 1. The number of rotatable bonds is 6. The van der Waals surface area contributed by atoms with Crippen molar-refractivity contribution in [1.82, 2.24) is 9.80 Å². The van der Waals surface area contributed by atoms with Crippen molar-refractivity contribution in [3.63, 3.8) is 0 Å². The van der Waals surface area contributed by atoms with Crippen LogP contribution in [-0.2, 0) is 11.2 Å². The van der Waals surface area contributed by atoms with Crippen molar-refractivity contribution in [2.24, 2.45) is 0 Å². The van der Waals surface area contributed by atoms with Gasteiger partial charge in [0.05, 0.1) is 46.1 Å². The number of phenols is 2. The summed E-state index contributed by atoms with van der Waals surface area (Å²) < 4.78 is 24.3. The zero-order chi connectivity index (χ0) is 31.9. The molecule has 0 aliphatic carbocycles. The number of hydrogen-bond acceptors (Lipinski definition) is 9. The van der Waals surface area contributed by atoms with E-state index < -0.39 is 26.4 Å². The van der Waals surface area contributed by atoms with E-state index in [1.807, 2.05) is 24.9 Å². The molecule has 3 heterocycles. The second-order valence-electron chi connectivity index (χ2n) is 13.2. The Kier molecular flexibility index (Phi) is 7.47. The number of benzene rings is 2. The van der Waals surface area contributed by atoms with Crippen molar-refractivity contribution in [2.45, 2.75) is 77.3 Å². The summed E-state index contributed by atoms with van der Waals surface area (Å²) in [6.45, 7) is 14.0. The van der Waals surface area contributed by atoms with Gasteiger partial charge in [-0.2, -0.15) is 0 Å². The number of piperazine rings is 1. The van der Waals surface area contributed by atoms with Crippen LogP contribution in [0.4, 0.5) is 0 Å². The number of likely N-dealkylation sites (N-methyl/N-ethyl adjacent to an activating group) is 1. The summed E-state index contributed by atoms with van der Waals surface area (Å²) in [4.78, 5) is 17.8. The Morgan fingerprint density at radius 2 is 1.53 bits per heavy atom. The zero-order valence-corrected chi connectivity index (χ0v) is 28.0. The number of amides is 1. The number of carbonyl (C=O) groups is 1. The van der Waals surface area contributed by atoms with Crippen LogP contribution < -0.4 is 18.6 Å². The van der Waals surface area contributed by atoms with Gasteiger partial charge in [0.2, 0.25) is 5.91 Å². The number of carbonyl (C=O) groups excluding carboxylic acids is 1. The molecule has 3 N–H and O–H groups in total. The number of nitrogens with zero attached hydrogens (tertiary/aromatic N) is 2. The molecule has 3 aliphatic heterocycles. The van der Waals surface area contributed by atoms with E-state index in [-0.39, 0.29) is 41.2 Å². The van der Waals surface area contributed by atoms with E-state index in [0.717, 1.165) is 5.56 Å². The predicted molar refractivity (Wildman–Crippen MR) is 166 cm³/mol. The van der Waals surface area contributed by atoms with Crippen molar-refractivity contribution in [2.75, 3.05) is 35.0 Å². The third-order valence-corrected chi connectivity index (χ3v) is 14.3. The maximum atomic E-state index is 14.3. The first kappa shape index (κ1) is 31.0. The number of methoxy groups -OCH3 is 3. The average Bonchev–Trinajstić information content (AvgIpc) is 2.94. The van der Waals surface area contributed by atoms with Gasteiger partial charge in [-0.05, 0) is 45.1 Å². The SMILES string of the molecule is COc1c(C)c(O)c2c(c1O)[C@@H]1C3=Cc4c(O[Si](C)(C)C(C)(C)C)c(C)c(OC)c(OC)c4[C@H](CO)N3C(=O)[C@@H](C2)N1C. The van der Waals surface area contributed by atoms with E-state index in [1.165, 1.54) is 7.11 Å². The summed E-state index contributed by atoms with van der Waals surface area (Å²) in [6, 6.07) is -2.06. The first-order valence-corrected chi connectivity index (χ1v) is 17.4. The van der Waals surface area contributed by atoms with Crippen LogP contribution in [0.3, 0.4) is 0 Å². The highest BCUT2D eigenvalue weighted by molar-refractivity contribution is 6.74. The molecule has 234 valence electrons. The van der Waals surface area contributed by atoms with Gasteiger partial charge in [0, 0.05) is 45.5 Å². The monoisotopic (exact) mass is 612 g/mol. The molecule has 11 heteroatoms. The average molecular weight is 613 g/mol. The van der Waals surface area contributed by atoms with E-state index >= 15 is 0 Å². The number of hydrogen-bond donors (Lipinski definition) is 3. The minimum Gasteiger partial charge on any atom is -0.543 e. The molecule has 2 aromatic rings. The summed E-state index contributed by atoms with van der Waals surface area (Å²) in [5, 5.41) is 33.6. The van der Waals surface area contributed by atoms with Gasteiger partial charge >= 0.3 is 0 Å². The molecule has 0 aromatic heterocycles. The van der Waals surface area contributed by atoms with E-state index in [2.05, 4.69) is 33.9 Å². The van der Waals surface area contributed by atoms with Crippen molar-refractivity contribution in [1.29, 1.82) is 0 Å². The molecule has 0 saturated carbocycles. The predicted octanol–water partition coefficient (Wildman–Crippen LogP) is 4.95. The summed E-state index contributed by atoms with van der Waals surface area (Å²) in [5.41, 5.74) is 4.02. The lowest BCUT2D eigenvalue weighted by Crippen LogP contribution is -2.60. The fraction of sp³-hybridized carbons (Fsp3) is 0.531. The molecule has 1 fully saturated rings. The molecular weight excluding hydrogens is 568 g/mol. The molecule has 10 nitrogen and oxygen atoms in total. The second kappa shape index (κ2) is 10.3. The highest BCUT2D eigenvalue weighted by Gasteiger charge is 2.54. The fourth-order valence-electron chi connectivity index (χ4n) is 6.65. The van der Waals surface area contributed by atoms with Gasteiger partial charge in [0.25, 0.3) is 8.32 Å². The summed E-state index contributed by atoms with van der Waals surface area (Å²) in [5.74, 6) is 1.43. The van der Waals surface area contributed by atoms with Gasteiger partial charge in [0.1, 0.15) is 11.5 Å². The zero-order valence-electron chi connectivity index (χ0n) is 27.0. The van der Waals surface area contributed by atoms with Crippen LogP contribution in [0.15, 0.2) is 5.70 Å². The molecular formula is C32H44N2O8Si. The number of fused-ring (bicyclic) bond motifs is 7. The Morgan fingerprint density at radius 1 is 0.930 bits per heavy atom. The first-order chi connectivity index (χ1) is 20.1. The third kappa shape index (κ3) is 4.22. The Balaban J connectivity index is 1.89. The Morgan fingerprint density at radius 3 is 2.07 bits per heavy atom. The quantitative estimate of drug-likeness (QED) is 0.307. The summed E-state index contributed by atoms with van der Waals surface area (Å²) >= 11 is 0. The molecule has 0 radical (unpaired) electrons. The Labute approximate surface area is 254 Å². The smallest absolute Gasteiger partial charge is 0.250 e. The maximum absolute atomic E-state index is 14.3. The van der Waals surface area contributed by atoms with E-state index in [1.54, 1.807) is 26.0 Å². The number of aliphatic hydroxyl groups is 1. The van der Waals surface area contributed by atoms with E-state index in [4.69, 9.17) is 18.6 Å². The van der Waals surface area contributed by atoms with Gasteiger partial charge in [0.15, 0.2) is 23.0 Å². The number of ether oxygens (including phenoxy) is 3. The van der Waals surface area contributed by atoms with Crippen LogP contribution >= 0.6 is 0 Å². The lowest BCUT2D eigenvalue weighted by atomic mass is 9.77. The van der Waals surface area contributed by atoms with Crippen molar-refractivity contribution >= 4 is 20.3 Å². The van der Waals surface area contributed by atoms with Crippen molar-refractivity contribution in [3.8, 4) is 34.5 Å². The van der Waals surface area contributed by atoms with Crippen LogP contribution in [0.25, 0.3) is 6.08 Å². The minimum absolute atomic E-state index is 0.00807. The summed E-state index contributed by atoms with van der Waals surface area (Å²) in [6.07, 6.45) is 2.10. The molecule has 2 bridgehead atoms. The van der Waals surface area contributed by atoms with Crippen LogP contribution in [0, 0.1) is 13.8 Å². The standard InChI is InChI=1S/C32H44N2O8Si/c1-15-25(36)17-12-20-31(38)34-19(24(33(20)6)23(17)26(37)28(15)39-7)13-18-22(21(34)14-35)30(41-9)29(40-8)16(2)27(18)42-43(10,11)32(3,4)5/h13,20-21,24,35-37H,12,14H2,1-11H3/t20-,21+,24+/m1/s1. The van der Waals surface area contributed by atoms with Crippen LogP contribution in [0.2, 0.25) is 18.1 Å². The van der Waals surface area contributed by atoms with Gasteiger partial charge in [-0.1, -0.05) is 20.8 Å². The lowest BCUT2D eigenvalue weighted by molar-refractivity contribution is -0.144. The highest BCUT2D eigenvalue weighted by Crippen LogP contribution is 2.59. The van der Waals surface area contributed by atoms with Gasteiger partial charge in [-0.15, -0.1) is 0 Å². The normalized spacial score (nSPS) is 21.5. The van der Waals surface area contributed by atoms with Gasteiger partial charge in [-0.3, -0.25) is 9.69 Å². The highest BCUT2D eigenvalue weighted by atomic mass is 28.4. The van der Waals surface area contributed by atoms with Crippen LogP contribution in [0.1, 0.15) is 66.2 Å². The maximum Gasteiger partial charge on any atom is 0.250 e. The third-order valence-electron chi connectivity index (χ3n) is 9.98. The van der Waals surface area contributed by atoms with Gasteiger partial charge in [-0.25, -0.2) is 0 Å². The van der Waals surface area contributed by atoms with Crippen molar-refractivity contribution < 1.29 is 38.8 Å². The molecule has 5 rings (SSSR count). The Hall–Kier alpha value is -3.41. The van der Waals surface area contributed by atoms with Gasteiger partial charge < -0.3 is 38.9 Å². The molecule has 43 heavy (non-hydrogen) atoms. The van der Waals surface area contributed by atoms with Crippen LogP contribution in [-0.4, -0.2) is 80.4 Å². The van der Waals surface area contributed by atoms with E-state index in [0.29, 0.717) is 50.8 Å². The minimum atomic E-state index is -2.39. The largest absolute Gasteiger partial charge is 0.543 e. The first-order valence-electron chi connectivity index (χ1n) is 14.5. The van der Waals surface area contributed by atoms with E-state index in [9.17, 15) is 20.1 Å². The Bertz CT molecular complexity index is 1540. The molecule has 1 amide bonds. The molecule has 1 saturated heterocycles.